The molecule has 3 nitrogen and oxygen atoms in total. The molecule has 0 amide bonds. The summed E-state index contributed by atoms with van der Waals surface area (Å²) in [6.07, 6.45) is 5.97. The summed E-state index contributed by atoms with van der Waals surface area (Å²) in [4.78, 5) is 0. The Morgan fingerprint density at radius 1 is 1.50 bits per heavy atom. The average Bonchev–Trinajstić information content (AvgIpc) is 1.97. The first-order valence-electron chi connectivity index (χ1n) is 3.40. The van der Waals surface area contributed by atoms with Crippen LogP contribution < -0.4 is 0 Å². The summed E-state index contributed by atoms with van der Waals surface area (Å²) in [5.74, 6) is -0.0567. The normalized spacial score (nSPS) is 14.5. The van der Waals surface area contributed by atoms with Crippen molar-refractivity contribution in [1.29, 1.82) is 0 Å². The van der Waals surface area contributed by atoms with Crippen LogP contribution in [0.5, 0.6) is 0 Å². The van der Waals surface area contributed by atoms with Gasteiger partial charge in [-0.2, -0.15) is 0 Å². The number of hydrogen-bond acceptors (Lipinski definition) is 3. The molecule has 12 heavy (non-hydrogen) atoms. The van der Waals surface area contributed by atoms with Crippen molar-refractivity contribution in [3.63, 3.8) is 0 Å². The summed E-state index contributed by atoms with van der Waals surface area (Å²) in [5.41, 5.74) is 0. The summed E-state index contributed by atoms with van der Waals surface area (Å²) in [6, 6.07) is 0. The molecule has 0 aromatic rings. The third-order valence-corrected chi connectivity index (χ3v) is 1.96. The van der Waals surface area contributed by atoms with Crippen LogP contribution in [0.1, 0.15) is 6.92 Å². The second-order valence-electron chi connectivity index (χ2n) is 2.26. The van der Waals surface area contributed by atoms with Gasteiger partial charge in [0.1, 0.15) is 16.5 Å². The molecular formula is C8H12O3S. The lowest BCUT2D eigenvalue weighted by molar-refractivity contribution is 0.435. The van der Waals surface area contributed by atoms with Gasteiger partial charge in [-0.25, -0.2) is 8.42 Å². The first kappa shape index (κ1) is 11.0. The molecule has 0 bridgehead atoms. The molecule has 0 saturated heterocycles. The van der Waals surface area contributed by atoms with Gasteiger partial charge in [0.15, 0.2) is 0 Å². The van der Waals surface area contributed by atoms with Gasteiger partial charge in [0.2, 0.25) is 0 Å². The molecular weight excluding hydrogens is 176 g/mol. The zero-order chi connectivity index (χ0) is 9.56. The Bertz CT molecular complexity index is 266. The fraction of sp³-hybridized carbons (Fsp3) is 0.250. The van der Waals surface area contributed by atoms with Gasteiger partial charge in [0.25, 0.3) is 0 Å². The Morgan fingerprint density at radius 2 is 2.08 bits per heavy atom. The van der Waals surface area contributed by atoms with Gasteiger partial charge in [-0.1, -0.05) is 24.8 Å². The highest BCUT2D eigenvalue weighted by Gasteiger charge is 1.94. The Morgan fingerprint density at radius 3 is 2.50 bits per heavy atom. The molecule has 0 aliphatic rings. The van der Waals surface area contributed by atoms with Crippen LogP contribution in [0.4, 0.5) is 0 Å². The maximum atomic E-state index is 10.3. The fourth-order valence-electron chi connectivity index (χ4n) is 0.462. The zero-order valence-corrected chi connectivity index (χ0v) is 7.70. The van der Waals surface area contributed by atoms with E-state index >= 15 is 0 Å². The van der Waals surface area contributed by atoms with Gasteiger partial charge in [-0.05, 0) is 13.0 Å². The van der Waals surface area contributed by atoms with Gasteiger partial charge in [-0.15, -0.1) is 0 Å². The topological polar surface area (TPSA) is 54.4 Å². The second-order valence-corrected chi connectivity index (χ2v) is 3.65. The highest BCUT2D eigenvalue weighted by atomic mass is 32.2. The van der Waals surface area contributed by atoms with Crippen molar-refractivity contribution in [2.24, 2.45) is 0 Å². The van der Waals surface area contributed by atoms with Crippen LogP contribution in [0.15, 0.2) is 36.6 Å². The quantitative estimate of drug-likeness (QED) is 0.395. The van der Waals surface area contributed by atoms with E-state index in [1.165, 1.54) is 18.2 Å². The number of thiol groups is 1. The Hall–Kier alpha value is -1.03. The molecule has 0 rings (SSSR count). The molecule has 1 atom stereocenters. The third-order valence-electron chi connectivity index (χ3n) is 1.12. The molecule has 1 N–H and O–H groups in total. The van der Waals surface area contributed by atoms with Crippen LogP contribution in [-0.4, -0.2) is 18.8 Å². The SMILES string of the molecule is C=C(O)/C=C\C=C/C(C)[SH](=O)=O. The van der Waals surface area contributed by atoms with Gasteiger partial charge < -0.3 is 5.11 Å². The van der Waals surface area contributed by atoms with Crippen LogP contribution in [0.3, 0.4) is 0 Å². The van der Waals surface area contributed by atoms with Crippen LogP contribution in [-0.2, 0) is 10.7 Å². The zero-order valence-electron chi connectivity index (χ0n) is 6.80. The summed E-state index contributed by atoms with van der Waals surface area (Å²) >= 11 is 0. The molecule has 1 unspecified atom stereocenters. The molecule has 0 radical (unpaired) electrons. The van der Waals surface area contributed by atoms with Gasteiger partial charge in [0, 0.05) is 0 Å². The van der Waals surface area contributed by atoms with Crippen molar-refractivity contribution < 1.29 is 13.5 Å². The first-order chi connectivity index (χ1) is 5.54. The molecule has 0 aliphatic carbocycles. The number of aliphatic hydroxyl groups excluding tert-OH is 1. The molecule has 0 heterocycles. The molecule has 0 aromatic heterocycles. The predicted molar refractivity (Wildman–Crippen MR) is 49.8 cm³/mol. The lowest BCUT2D eigenvalue weighted by Gasteiger charge is -1.90. The number of rotatable bonds is 4. The van der Waals surface area contributed by atoms with E-state index in [-0.39, 0.29) is 5.76 Å². The fourth-order valence-corrected chi connectivity index (χ4v) is 0.702. The van der Waals surface area contributed by atoms with Crippen molar-refractivity contribution in [3.8, 4) is 0 Å². The van der Waals surface area contributed by atoms with Crippen LogP contribution >= 0.6 is 0 Å². The van der Waals surface area contributed by atoms with Gasteiger partial charge in [0.05, 0.1) is 5.25 Å². The van der Waals surface area contributed by atoms with Crippen molar-refractivity contribution >= 4 is 10.7 Å². The van der Waals surface area contributed by atoms with E-state index in [1.807, 2.05) is 0 Å². The summed E-state index contributed by atoms with van der Waals surface area (Å²) in [5, 5.41) is 8.12. The minimum absolute atomic E-state index is 0.0567. The van der Waals surface area contributed by atoms with E-state index < -0.39 is 16.0 Å². The summed E-state index contributed by atoms with van der Waals surface area (Å²) in [7, 11) is -2.40. The van der Waals surface area contributed by atoms with Crippen LogP contribution in [0.2, 0.25) is 0 Å². The van der Waals surface area contributed by atoms with Gasteiger partial charge >= 0.3 is 0 Å². The minimum atomic E-state index is -2.40. The molecule has 0 spiro atoms. The second kappa shape index (κ2) is 5.60. The van der Waals surface area contributed by atoms with E-state index in [0.29, 0.717) is 0 Å². The number of hydrogen-bond donors (Lipinski definition) is 2. The molecule has 4 heteroatoms. The Balaban J connectivity index is 4.00. The van der Waals surface area contributed by atoms with E-state index in [1.54, 1.807) is 13.0 Å². The van der Waals surface area contributed by atoms with Crippen molar-refractivity contribution in [2.75, 3.05) is 0 Å². The summed E-state index contributed by atoms with van der Waals surface area (Å²) < 4.78 is 20.6. The first-order valence-corrected chi connectivity index (χ1v) is 4.65. The van der Waals surface area contributed by atoms with E-state index in [0.717, 1.165) is 0 Å². The van der Waals surface area contributed by atoms with Gasteiger partial charge in [-0.3, -0.25) is 0 Å². The maximum Gasteiger partial charge on any atom is 0.146 e. The largest absolute Gasteiger partial charge is 0.509 e. The third kappa shape index (κ3) is 5.73. The smallest absolute Gasteiger partial charge is 0.146 e. The lowest BCUT2D eigenvalue weighted by Crippen LogP contribution is -1.97. The molecule has 68 valence electrons. The minimum Gasteiger partial charge on any atom is -0.509 e. The number of allylic oxidation sites excluding steroid dienone is 3. The maximum absolute atomic E-state index is 10.3. The molecule has 0 aromatic carbocycles. The van der Waals surface area contributed by atoms with Crippen molar-refractivity contribution in [2.45, 2.75) is 12.2 Å². The van der Waals surface area contributed by atoms with Crippen LogP contribution in [0, 0.1) is 0 Å². The molecule has 0 saturated carbocycles. The monoisotopic (exact) mass is 188 g/mol. The van der Waals surface area contributed by atoms with E-state index in [9.17, 15) is 8.42 Å². The summed E-state index contributed by atoms with van der Waals surface area (Å²) in [6.45, 7) is 4.80. The standard InChI is InChI=1S/C8H12O3S/c1-7(9)5-3-4-6-8(2)12(10)11/h3-6,8-9,12H,1H2,2H3/b5-3-,6-4-. The highest BCUT2D eigenvalue weighted by molar-refractivity contribution is 7.73. The number of aliphatic hydroxyl groups is 1. The van der Waals surface area contributed by atoms with Crippen molar-refractivity contribution in [1.82, 2.24) is 0 Å². The van der Waals surface area contributed by atoms with Crippen LogP contribution in [0.25, 0.3) is 0 Å². The molecule has 0 fully saturated rings. The Kier molecular flexibility index (Phi) is 5.12. The highest BCUT2D eigenvalue weighted by Crippen LogP contribution is 1.91. The Labute approximate surface area is 73.7 Å². The molecule has 0 aliphatic heterocycles. The lowest BCUT2D eigenvalue weighted by atomic mass is 10.3. The average molecular weight is 188 g/mol. The van der Waals surface area contributed by atoms with E-state index in [2.05, 4.69) is 6.58 Å². The predicted octanol–water partition coefficient (Wildman–Crippen LogP) is 1.17. The van der Waals surface area contributed by atoms with E-state index in [4.69, 9.17) is 5.11 Å². The van der Waals surface area contributed by atoms with Crippen molar-refractivity contribution in [3.05, 3.63) is 36.6 Å².